The Labute approximate surface area is 246 Å². The van der Waals surface area contributed by atoms with Crippen LogP contribution in [0, 0.1) is 5.82 Å². The van der Waals surface area contributed by atoms with Gasteiger partial charge in [-0.1, -0.05) is 89.2 Å². The normalized spacial score (nSPS) is 18.4. The van der Waals surface area contributed by atoms with Crippen molar-refractivity contribution in [1.29, 1.82) is 0 Å². The Bertz CT molecular complexity index is 957. The lowest BCUT2D eigenvalue weighted by Gasteiger charge is -2.43. The second-order valence-electron chi connectivity index (χ2n) is 13.6. The van der Waals surface area contributed by atoms with E-state index in [1.807, 2.05) is 6.08 Å². The van der Waals surface area contributed by atoms with E-state index in [0.29, 0.717) is 58.5 Å². The molecule has 0 saturated carbocycles. The average molecular weight is 593 g/mol. The van der Waals surface area contributed by atoms with Crippen LogP contribution in [-0.4, -0.2) is 42.4 Å². The summed E-state index contributed by atoms with van der Waals surface area (Å²) in [7, 11) is -4.09. The monoisotopic (exact) mass is 592 g/mol. The average Bonchev–Trinajstić information content (AvgIpc) is 2.83. The zero-order valence-electron chi connectivity index (χ0n) is 27.4. The van der Waals surface area contributed by atoms with Gasteiger partial charge in [0.15, 0.2) is 16.6 Å². The molecule has 0 bridgehead atoms. The maximum atomic E-state index is 14.5. The highest BCUT2D eigenvalue weighted by molar-refractivity contribution is 6.78. The number of hydrogen-bond donors (Lipinski definition) is 0. The van der Waals surface area contributed by atoms with E-state index in [1.165, 1.54) is 6.07 Å². The lowest BCUT2D eigenvalue weighted by atomic mass is 9.92. The van der Waals surface area contributed by atoms with Crippen LogP contribution in [0.15, 0.2) is 23.8 Å². The highest BCUT2D eigenvalue weighted by Crippen LogP contribution is 2.44. The first-order valence-corrected chi connectivity index (χ1v) is 19.8. The smallest absolute Gasteiger partial charge is 0.334 e. The summed E-state index contributed by atoms with van der Waals surface area (Å²) < 4.78 is 33.9. The van der Waals surface area contributed by atoms with Crippen molar-refractivity contribution in [2.45, 2.75) is 135 Å². The predicted molar refractivity (Wildman–Crippen MR) is 171 cm³/mol. The molecule has 4 nitrogen and oxygen atoms in total. The standard InChI is InChI=1S/C33H57FO4Si2/c1-22(2)39(23(3)4,24(5)6)37-17-13-14-29-18-28-15-16-31(34)19-32(28)30(20-36-33(29)35)21-38-40(25(7)8,26(9)10)27(11)12/h15-16,18-19,22-27,30H,13-14,17,20-21H2,1-12H3/b29-18-. The summed E-state index contributed by atoms with van der Waals surface area (Å²) in [5.74, 6) is -0.787. The van der Waals surface area contributed by atoms with Crippen LogP contribution in [0.1, 0.15) is 113 Å². The van der Waals surface area contributed by atoms with Crippen molar-refractivity contribution in [1.82, 2.24) is 0 Å². The van der Waals surface area contributed by atoms with Crippen molar-refractivity contribution in [3.63, 3.8) is 0 Å². The molecule has 0 N–H and O–H groups in total. The van der Waals surface area contributed by atoms with Gasteiger partial charge in [-0.2, -0.15) is 0 Å². The molecule has 0 amide bonds. The minimum atomic E-state index is -2.13. The van der Waals surface area contributed by atoms with Gasteiger partial charge >= 0.3 is 5.97 Å². The van der Waals surface area contributed by atoms with Crippen molar-refractivity contribution in [3.05, 3.63) is 40.7 Å². The van der Waals surface area contributed by atoms with Crippen LogP contribution in [0.4, 0.5) is 4.39 Å². The molecule has 228 valence electrons. The van der Waals surface area contributed by atoms with Crippen LogP contribution in [0.25, 0.3) is 6.08 Å². The topological polar surface area (TPSA) is 44.8 Å². The molecule has 7 heteroatoms. The van der Waals surface area contributed by atoms with Gasteiger partial charge in [0, 0.05) is 24.7 Å². The molecule has 1 heterocycles. The Morgan fingerprint density at radius 2 is 1.32 bits per heavy atom. The number of esters is 1. The second-order valence-corrected chi connectivity index (χ2v) is 24.6. The maximum absolute atomic E-state index is 14.5. The molecule has 1 aliphatic rings. The number of hydrogen-bond acceptors (Lipinski definition) is 4. The van der Waals surface area contributed by atoms with Gasteiger partial charge in [-0.3, -0.25) is 0 Å². The third-order valence-corrected chi connectivity index (χ3v) is 21.6. The summed E-state index contributed by atoms with van der Waals surface area (Å²) in [6, 6.07) is 4.86. The SMILES string of the molecule is CC(C)[Si](OCCC/C1=C/c2ccc(F)cc2C(CO[Si](C(C)C)(C(C)C)C(C)C)COC1=O)(C(C)C)C(C)C. The number of halogens is 1. The van der Waals surface area contributed by atoms with Gasteiger partial charge in [0.25, 0.3) is 0 Å². The van der Waals surface area contributed by atoms with Crippen molar-refractivity contribution in [2.75, 3.05) is 19.8 Å². The summed E-state index contributed by atoms with van der Waals surface area (Å²) in [4.78, 5) is 13.2. The third kappa shape index (κ3) is 7.56. The Morgan fingerprint density at radius 3 is 1.82 bits per heavy atom. The highest BCUT2D eigenvalue weighted by Gasteiger charge is 2.46. The molecule has 1 aliphatic heterocycles. The van der Waals surface area contributed by atoms with Crippen LogP contribution >= 0.6 is 0 Å². The summed E-state index contributed by atoms with van der Waals surface area (Å²) >= 11 is 0. The zero-order chi connectivity index (χ0) is 30.4. The fourth-order valence-corrected chi connectivity index (χ4v) is 18.7. The number of carbonyl (C=O) groups excluding carboxylic acids is 1. The molecule has 1 atom stereocenters. The molecule has 0 saturated heterocycles. The van der Waals surface area contributed by atoms with Crippen LogP contribution in [0.2, 0.25) is 33.2 Å². The fraction of sp³-hybridized carbons (Fsp3) is 0.727. The first-order valence-electron chi connectivity index (χ1n) is 15.6. The van der Waals surface area contributed by atoms with E-state index in [-0.39, 0.29) is 24.3 Å². The molecule has 0 spiro atoms. The summed E-state index contributed by atoms with van der Waals surface area (Å²) in [6.45, 7) is 28.5. The first-order chi connectivity index (χ1) is 18.6. The fourth-order valence-electron chi connectivity index (χ4n) is 7.70. The van der Waals surface area contributed by atoms with Gasteiger partial charge in [0.2, 0.25) is 0 Å². The van der Waals surface area contributed by atoms with Crippen molar-refractivity contribution in [3.8, 4) is 0 Å². The number of carbonyl (C=O) groups is 1. The van der Waals surface area contributed by atoms with Gasteiger partial charge < -0.3 is 13.6 Å². The molecule has 1 aromatic rings. The summed E-state index contributed by atoms with van der Waals surface area (Å²) in [5.41, 5.74) is 5.22. The molecular weight excluding hydrogens is 536 g/mol. The van der Waals surface area contributed by atoms with Gasteiger partial charge in [0.1, 0.15) is 12.4 Å². The number of benzene rings is 1. The highest BCUT2D eigenvalue weighted by atomic mass is 28.4. The number of ether oxygens (including phenoxy) is 1. The molecule has 0 aliphatic carbocycles. The maximum Gasteiger partial charge on any atom is 0.334 e. The molecule has 0 aromatic heterocycles. The van der Waals surface area contributed by atoms with E-state index >= 15 is 0 Å². The second kappa shape index (κ2) is 14.7. The van der Waals surface area contributed by atoms with Crippen LogP contribution in [-0.2, 0) is 18.4 Å². The minimum Gasteiger partial charge on any atom is -0.462 e. The molecule has 40 heavy (non-hydrogen) atoms. The summed E-state index contributed by atoms with van der Waals surface area (Å²) in [6.07, 6.45) is 3.22. The number of rotatable bonds is 14. The molecule has 0 fully saturated rings. The minimum absolute atomic E-state index is 0.186. The summed E-state index contributed by atoms with van der Waals surface area (Å²) in [5, 5.41) is 0. The molecule has 2 rings (SSSR count). The van der Waals surface area contributed by atoms with E-state index < -0.39 is 16.6 Å². The van der Waals surface area contributed by atoms with E-state index in [1.54, 1.807) is 12.1 Å². The number of fused-ring (bicyclic) bond motifs is 1. The van der Waals surface area contributed by atoms with Crippen LogP contribution < -0.4 is 0 Å². The van der Waals surface area contributed by atoms with E-state index in [9.17, 15) is 9.18 Å². The van der Waals surface area contributed by atoms with E-state index in [0.717, 1.165) is 17.5 Å². The van der Waals surface area contributed by atoms with Crippen LogP contribution in [0.3, 0.4) is 0 Å². The van der Waals surface area contributed by atoms with Crippen molar-refractivity contribution >= 4 is 28.7 Å². The number of cyclic esters (lactones) is 1. The van der Waals surface area contributed by atoms with Crippen molar-refractivity contribution in [2.24, 2.45) is 0 Å². The van der Waals surface area contributed by atoms with Gasteiger partial charge in [-0.25, -0.2) is 9.18 Å². The van der Waals surface area contributed by atoms with E-state index in [4.69, 9.17) is 13.6 Å². The predicted octanol–water partition coefficient (Wildman–Crippen LogP) is 10.0. The van der Waals surface area contributed by atoms with Crippen LogP contribution in [0.5, 0.6) is 0 Å². The molecule has 1 aromatic carbocycles. The van der Waals surface area contributed by atoms with Crippen molar-refractivity contribution < 1.29 is 22.8 Å². The quantitative estimate of drug-likeness (QED) is 0.122. The largest absolute Gasteiger partial charge is 0.462 e. The van der Waals surface area contributed by atoms with E-state index in [2.05, 4.69) is 83.1 Å². The van der Waals surface area contributed by atoms with Gasteiger partial charge in [-0.15, -0.1) is 0 Å². The Hall–Kier alpha value is -1.29. The molecule has 0 radical (unpaired) electrons. The molecule has 1 unspecified atom stereocenters. The Balaban J connectivity index is 2.29. The Kier molecular flexibility index (Phi) is 12.9. The van der Waals surface area contributed by atoms with Gasteiger partial charge in [0.05, 0.1) is 0 Å². The lowest BCUT2D eigenvalue weighted by Crippen LogP contribution is -2.48. The lowest BCUT2D eigenvalue weighted by molar-refractivity contribution is -0.140. The Morgan fingerprint density at radius 1 is 0.825 bits per heavy atom. The van der Waals surface area contributed by atoms with Gasteiger partial charge in [-0.05, 0) is 75.4 Å². The first kappa shape index (κ1) is 34.9. The molecular formula is C33H57FO4Si2. The third-order valence-electron chi connectivity index (χ3n) is 9.39. The zero-order valence-corrected chi connectivity index (χ0v) is 29.4.